The van der Waals surface area contributed by atoms with E-state index in [1.165, 1.54) is 3.57 Å². The molecule has 0 aromatic heterocycles. The molecule has 60 valence electrons. The maximum atomic E-state index is 3.72. The lowest BCUT2D eigenvalue weighted by molar-refractivity contribution is 1.57. The molecule has 0 aliphatic heterocycles. The van der Waals surface area contributed by atoms with Crippen LogP contribution in [0.2, 0.25) is 0 Å². The fraction of sp³-hybridized carbons (Fsp3) is 0.0909. The van der Waals surface area contributed by atoms with E-state index in [-0.39, 0.29) is 0 Å². The normalized spacial score (nSPS) is 8.50. The van der Waals surface area contributed by atoms with E-state index in [1.54, 1.807) is 0 Å². The van der Waals surface area contributed by atoms with Gasteiger partial charge in [-0.05, 0) is 47.2 Å². The van der Waals surface area contributed by atoms with Gasteiger partial charge in [0.15, 0.2) is 0 Å². The summed E-state index contributed by atoms with van der Waals surface area (Å²) in [5, 5.41) is 0. The summed E-state index contributed by atoms with van der Waals surface area (Å²) in [6, 6.07) is 8.05. The van der Waals surface area contributed by atoms with Crippen LogP contribution in [0.15, 0.2) is 36.4 Å². The zero-order valence-electron chi connectivity index (χ0n) is 6.89. The molecule has 0 nitrogen and oxygen atoms in total. The lowest BCUT2D eigenvalue weighted by Gasteiger charge is -1.92. The first-order valence-electron chi connectivity index (χ1n) is 3.62. The molecule has 0 aliphatic carbocycles. The van der Waals surface area contributed by atoms with Crippen molar-refractivity contribution in [3.05, 3.63) is 45.6 Å². The summed E-state index contributed by atoms with van der Waals surface area (Å²) in [5.41, 5.74) is 1.97. The molecule has 0 N–H and O–H groups in total. The number of halogens is 1. The first kappa shape index (κ1) is 9.34. The van der Waals surface area contributed by atoms with E-state index in [4.69, 9.17) is 0 Å². The molecule has 1 aromatic rings. The maximum Gasteiger partial charge on any atom is 0.0382 e. The second kappa shape index (κ2) is 4.32. The molecule has 0 amide bonds. The van der Waals surface area contributed by atoms with E-state index in [1.807, 2.05) is 31.2 Å². The molecular weight excluding hydrogens is 259 g/mol. The van der Waals surface area contributed by atoms with E-state index in [0.29, 0.717) is 0 Å². The van der Waals surface area contributed by atoms with Crippen molar-refractivity contribution in [2.45, 2.75) is 6.92 Å². The Morgan fingerprint density at radius 1 is 1.42 bits per heavy atom. The number of rotatable bonds is 0. The van der Waals surface area contributed by atoms with Crippen molar-refractivity contribution in [2.75, 3.05) is 0 Å². The number of benzene rings is 1. The Morgan fingerprint density at radius 3 is 2.67 bits per heavy atom. The van der Waals surface area contributed by atoms with Crippen LogP contribution in [0.3, 0.4) is 0 Å². The first-order chi connectivity index (χ1) is 5.70. The quantitative estimate of drug-likeness (QED) is 0.500. The van der Waals surface area contributed by atoms with E-state index in [0.717, 1.165) is 11.1 Å². The summed E-state index contributed by atoms with van der Waals surface area (Å²) in [5.74, 6) is 6.01. The average Bonchev–Trinajstić information content (AvgIpc) is 2.03. The molecule has 1 heteroatoms. The molecule has 1 aromatic carbocycles. The predicted molar refractivity (Wildman–Crippen MR) is 60.9 cm³/mol. The third kappa shape index (κ3) is 2.71. The van der Waals surface area contributed by atoms with Gasteiger partial charge in [-0.15, -0.1) is 0 Å². The van der Waals surface area contributed by atoms with Crippen LogP contribution < -0.4 is 0 Å². The van der Waals surface area contributed by atoms with E-state index in [9.17, 15) is 0 Å². The summed E-state index contributed by atoms with van der Waals surface area (Å²) < 4.78 is 1.18. The maximum absolute atomic E-state index is 3.72. The number of hydrogen-bond donors (Lipinski definition) is 0. The highest BCUT2D eigenvalue weighted by molar-refractivity contribution is 14.1. The Morgan fingerprint density at radius 2 is 2.08 bits per heavy atom. The zero-order chi connectivity index (χ0) is 8.97. The van der Waals surface area contributed by atoms with Crippen LogP contribution in [-0.4, -0.2) is 0 Å². The average molecular weight is 268 g/mol. The summed E-state index contributed by atoms with van der Waals surface area (Å²) in [7, 11) is 0. The fourth-order valence-electron chi connectivity index (χ4n) is 0.737. The van der Waals surface area contributed by atoms with E-state index >= 15 is 0 Å². The van der Waals surface area contributed by atoms with Crippen molar-refractivity contribution in [1.82, 2.24) is 0 Å². The van der Waals surface area contributed by atoms with Crippen LogP contribution in [0.4, 0.5) is 0 Å². The molecule has 0 saturated heterocycles. The molecule has 12 heavy (non-hydrogen) atoms. The minimum absolute atomic E-state index is 0.898. The SMILES string of the molecule is C=C(C)C#Cc1ccccc1I. The molecule has 0 saturated carbocycles. The van der Waals surface area contributed by atoms with Gasteiger partial charge in [-0.1, -0.05) is 30.6 Å². The van der Waals surface area contributed by atoms with Gasteiger partial charge in [0.05, 0.1) is 0 Å². The Labute approximate surface area is 86.8 Å². The first-order valence-corrected chi connectivity index (χ1v) is 4.70. The van der Waals surface area contributed by atoms with Crippen LogP contribution in [-0.2, 0) is 0 Å². The van der Waals surface area contributed by atoms with Gasteiger partial charge in [0.25, 0.3) is 0 Å². The van der Waals surface area contributed by atoms with Gasteiger partial charge >= 0.3 is 0 Å². The summed E-state index contributed by atoms with van der Waals surface area (Å²) in [6.45, 7) is 5.63. The standard InChI is InChI=1S/C11H9I/c1-9(2)7-8-10-5-3-4-6-11(10)12/h3-6H,1H2,2H3. The number of allylic oxidation sites excluding steroid dienone is 1. The minimum Gasteiger partial charge on any atom is -0.0877 e. The largest absolute Gasteiger partial charge is 0.0877 e. The van der Waals surface area contributed by atoms with Gasteiger partial charge in [0.2, 0.25) is 0 Å². The van der Waals surface area contributed by atoms with Gasteiger partial charge in [-0.3, -0.25) is 0 Å². The molecule has 1 rings (SSSR count). The van der Waals surface area contributed by atoms with Crippen molar-refractivity contribution in [1.29, 1.82) is 0 Å². The van der Waals surface area contributed by atoms with Crippen molar-refractivity contribution < 1.29 is 0 Å². The second-order valence-corrected chi connectivity index (χ2v) is 3.67. The highest BCUT2D eigenvalue weighted by Crippen LogP contribution is 2.09. The Kier molecular flexibility index (Phi) is 3.36. The van der Waals surface area contributed by atoms with Gasteiger partial charge in [0.1, 0.15) is 0 Å². The number of hydrogen-bond acceptors (Lipinski definition) is 0. The van der Waals surface area contributed by atoms with Gasteiger partial charge < -0.3 is 0 Å². The van der Waals surface area contributed by atoms with Gasteiger partial charge in [-0.2, -0.15) is 0 Å². The molecular formula is C11H9I. The summed E-state index contributed by atoms with van der Waals surface area (Å²) in [6.07, 6.45) is 0. The lowest BCUT2D eigenvalue weighted by atomic mass is 10.2. The molecule has 0 spiro atoms. The second-order valence-electron chi connectivity index (χ2n) is 2.51. The summed E-state index contributed by atoms with van der Waals surface area (Å²) in [4.78, 5) is 0. The van der Waals surface area contributed by atoms with E-state index < -0.39 is 0 Å². The molecule has 0 bridgehead atoms. The van der Waals surface area contributed by atoms with Crippen LogP contribution in [0.25, 0.3) is 0 Å². The minimum atomic E-state index is 0.898. The van der Waals surface area contributed by atoms with Crippen molar-refractivity contribution in [3.63, 3.8) is 0 Å². The van der Waals surface area contributed by atoms with Crippen LogP contribution in [0.1, 0.15) is 12.5 Å². The molecule has 0 fully saturated rings. The highest BCUT2D eigenvalue weighted by atomic mass is 127. The van der Waals surface area contributed by atoms with Crippen molar-refractivity contribution >= 4 is 22.6 Å². The Bertz CT molecular complexity index is 353. The van der Waals surface area contributed by atoms with Crippen LogP contribution in [0, 0.1) is 15.4 Å². The monoisotopic (exact) mass is 268 g/mol. The van der Waals surface area contributed by atoms with E-state index in [2.05, 4.69) is 41.0 Å². The predicted octanol–water partition coefficient (Wildman–Crippen LogP) is 3.22. The Hall–Kier alpha value is -0.750. The van der Waals surface area contributed by atoms with Gasteiger partial charge in [-0.25, -0.2) is 0 Å². The topological polar surface area (TPSA) is 0 Å². The molecule has 0 atom stereocenters. The molecule has 0 aliphatic rings. The fourth-order valence-corrected chi connectivity index (χ4v) is 1.26. The van der Waals surface area contributed by atoms with Crippen molar-refractivity contribution in [2.24, 2.45) is 0 Å². The molecule has 0 unspecified atom stereocenters. The van der Waals surface area contributed by atoms with Crippen LogP contribution >= 0.6 is 22.6 Å². The Balaban J connectivity index is 2.99. The van der Waals surface area contributed by atoms with Gasteiger partial charge in [0, 0.05) is 9.13 Å². The molecule has 0 heterocycles. The highest BCUT2D eigenvalue weighted by Gasteiger charge is 1.91. The smallest absolute Gasteiger partial charge is 0.0382 e. The third-order valence-corrected chi connectivity index (χ3v) is 2.23. The lowest BCUT2D eigenvalue weighted by Crippen LogP contribution is -1.78. The van der Waals surface area contributed by atoms with Crippen LogP contribution in [0.5, 0.6) is 0 Å². The molecule has 0 radical (unpaired) electrons. The zero-order valence-corrected chi connectivity index (χ0v) is 9.05. The third-order valence-electron chi connectivity index (χ3n) is 1.28. The van der Waals surface area contributed by atoms with Crippen molar-refractivity contribution in [3.8, 4) is 11.8 Å². The summed E-state index contributed by atoms with van der Waals surface area (Å²) >= 11 is 2.27.